The van der Waals surface area contributed by atoms with Gasteiger partial charge in [0.05, 0.1) is 30.9 Å². The normalized spacial score (nSPS) is 28.0. The SMILES string of the molecule is OC1COCC1N1CCC(Oc2cccc3c2ccn3CC2CC2)CC1. The summed E-state index contributed by atoms with van der Waals surface area (Å²) in [6.07, 6.45) is 6.87. The number of hydrogen-bond acceptors (Lipinski definition) is 4. The van der Waals surface area contributed by atoms with Crippen LogP contribution in [0.15, 0.2) is 30.5 Å². The van der Waals surface area contributed by atoms with E-state index in [1.165, 1.54) is 23.7 Å². The Hall–Kier alpha value is -1.56. The van der Waals surface area contributed by atoms with Gasteiger partial charge in [0.25, 0.3) is 0 Å². The van der Waals surface area contributed by atoms with Crippen molar-refractivity contribution in [3.05, 3.63) is 30.5 Å². The van der Waals surface area contributed by atoms with Crippen LogP contribution in [0.4, 0.5) is 0 Å². The molecule has 2 unspecified atom stereocenters. The van der Waals surface area contributed by atoms with Crippen LogP contribution in [0, 0.1) is 5.92 Å². The van der Waals surface area contributed by atoms with Gasteiger partial charge in [0.1, 0.15) is 11.9 Å². The zero-order valence-corrected chi connectivity index (χ0v) is 15.2. The average molecular weight is 356 g/mol. The number of rotatable bonds is 5. The van der Waals surface area contributed by atoms with E-state index >= 15 is 0 Å². The zero-order chi connectivity index (χ0) is 17.5. The van der Waals surface area contributed by atoms with E-state index in [1.54, 1.807) is 0 Å². The Morgan fingerprint density at radius 1 is 1.08 bits per heavy atom. The summed E-state index contributed by atoms with van der Waals surface area (Å²) in [4.78, 5) is 2.37. The molecule has 2 aromatic rings. The fourth-order valence-corrected chi connectivity index (χ4v) is 4.42. The Labute approximate surface area is 154 Å². The number of benzene rings is 1. The molecule has 3 heterocycles. The number of aromatic nitrogens is 1. The summed E-state index contributed by atoms with van der Waals surface area (Å²) in [6.45, 7) is 4.20. The van der Waals surface area contributed by atoms with Gasteiger partial charge in [-0.1, -0.05) is 6.07 Å². The van der Waals surface area contributed by atoms with Gasteiger partial charge in [-0.2, -0.15) is 0 Å². The van der Waals surface area contributed by atoms with Gasteiger partial charge in [-0.25, -0.2) is 0 Å². The van der Waals surface area contributed by atoms with Crippen LogP contribution in [-0.4, -0.2) is 59.1 Å². The van der Waals surface area contributed by atoms with Crippen LogP contribution in [0.2, 0.25) is 0 Å². The minimum Gasteiger partial charge on any atom is -0.490 e. The second kappa shape index (κ2) is 6.87. The molecule has 1 aromatic heterocycles. The predicted octanol–water partition coefficient (Wildman–Crippen LogP) is 2.65. The standard InChI is InChI=1S/C21H28N2O3/c24-20-14-25-13-19(20)22-9-6-16(7-10-22)26-21-3-1-2-18-17(21)8-11-23(18)12-15-4-5-15/h1-3,8,11,15-16,19-20,24H,4-7,9-10,12-14H2. The molecule has 1 saturated carbocycles. The molecule has 5 nitrogen and oxygen atoms in total. The first-order chi connectivity index (χ1) is 12.8. The van der Waals surface area contributed by atoms with Crippen molar-refractivity contribution in [1.82, 2.24) is 9.47 Å². The van der Waals surface area contributed by atoms with Crippen molar-refractivity contribution in [1.29, 1.82) is 0 Å². The summed E-state index contributed by atoms with van der Waals surface area (Å²) in [5.41, 5.74) is 1.29. The van der Waals surface area contributed by atoms with E-state index in [9.17, 15) is 5.11 Å². The number of likely N-dealkylation sites (tertiary alicyclic amines) is 1. The number of aliphatic hydroxyl groups is 1. The second-order valence-corrected chi connectivity index (χ2v) is 8.13. The molecule has 2 atom stereocenters. The molecule has 1 N–H and O–H groups in total. The molecule has 0 radical (unpaired) electrons. The fourth-order valence-electron chi connectivity index (χ4n) is 4.42. The lowest BCUT2D eigenvalue weighted by molar-refractivity contribution is 0.0366. The van der Waals surface area contributed by atoms with Gasteiger partial charge in [0.2, 0.25) is 0 Å². The molecular weight excluding hydrogens is 328 g/mol. The highest BCUT2D eigenvalue weighted by molar-refractivity contribution is 5.86. The van der Waals surface area contributed by atoms with Crippen LogP contribution in [0.5, 0.6) is 5.75 Å². The lowest BCUT2D eigenvalue weighted by Gasteiger charge is -2.36. The van der Waals surface area contributed by atoms with E-state index in [4.69, 9.17) is 9.47 Å². The first-order valence-corrected chi connectivity index (χ1v) is 10.0. The average Bonchev–Trinajstić information content (AvgIpc) is 3.22. The van der Waals surface area contributed by atoms with Gasteiger partial charge in [-0.15, -0.1) is 0 Å². The summed E-state index contributed by atoms with van der Waals surface area (Å²) < 4.78 is 14.2. The molecule has 0 amide bonds. The number of nitrogens with zero attached hydrogens (tertiary/aromatic N) is 2. The van der Waals surface area contributed by atoms with Gasteiger partial charge in [-0.3, -0.25) is 4.90 Å². The largest absolute Gasteiger partial charge is 0.490 e. The van der Waals surface area contributed by atoms with E-state index in [1.807, 2.05) is 0 Å². The van der Waals surface area contributed by atoms with Crippen LogP contribution >= 0.6 is 0 Å². The van der Waals surface area contributed by atoms with E-state index in [2.05, 4.69) is 39.9 Å². The molecular formula is C21H28N2O3. The van der Waals surface area contributed by atoms with Gasteiger partial charge in [0.15, 0.2) is 0 Å². The van der Waals surface area contributed by atoms with Crippen LogP contribution in [-0.2, 0) is 11.3 Å². The van der Waals surface area contributed by atoms with Crippen molar-refractivity contribution in [3.8, 4) is 5.75 Å². The molecule has 0 bridgehead atoms. The zero-order valence-electron chi connectivity index (χ0n) is 15.2. The highest BCUT2D eigenvalue weighted by atomic mass is 16.5. The summed E-state index contributed by atoms with van der Waals surface area (Å²) >= 11 is 0. The smallest absolute Gasteiger partial charge is 0.129 e. The Balaban J connectivity index is 1.25. The minimum absolute atomic E-state index is 0.163. The van der Waals surface area contributed by atoms with Crippen molar-refractivity contribution >= 4 is 10.9 Å². The molecule has 2 aliphatic heterocycles. The van der Waals surface area contributed by atoms with Crippen LogP contribution < -0.4 is 4.74 Å². The summed E-state index contributed by atoms with van der Waals surface area (Å²) in [5, 5.41) is 11.3. The van der Waals surface area contributed by atoms with Crippen molar-refractivity contribution in [2.24, 2.45) is 5.92 Å². The minimum atomic E-state index is -0.340. The maximum Gasteiger partial charge on any atom is 0.129 e. The highest BCUT2D eigenvalue weighted by Gasteiger charge is 2.34. The summed E-state index contributed by atoms with van der Waals surface area (Å²) in [7, 11) is 0. The Morgan fingerprint density at radius 3 is 2.65 bits per heavy atom. The molecule has 3 aliphatic rings. The lowest BCUT2D eigenvalue weighted by Crippen LogP contribution is -2.48. The molecule has 5 heteroatoms. The molecule has 1 aromatic carbocycles. The first-order valence-electron chi connectivity index (χ1n) is 10.0. The van der Waals surface area contributed by atoms with E-state index < -0.39 is 0 Å². The molecule has 3 fully saturated rings. The van der Waals surface area contributed by atoms with E-state index in [-0.39, 0.29) is 18.2 Å². The summed E-state index contributed by atoms with van der Waals surface area (Å²) in [6, 6.07) is 8.78. The van der Waals surface area contributed by atoms with Gasteiger partial charge in [-0.05, 0) is 49.8 Å². The predicted molar refractivity (Wildman–Crippen MR) is 100 cm³/mol. The van der Waals surface area contributed by atoms with Gasteiger partial charge < -0.3 is 19.1 Å². The van der Waals surface area contributed by atoms with Crippen molar-refractivity contribution in [2.45, 2.75) is 50.5 Å². The number of aliphatic hydroxyl groups excluding tert-OH is 1. The monoisotopic (exact) mass is 356 g/mol. The second-order valence-electron chi connectivity index (χ2n) is 8.13. The molecule has 0 spiro atoms. The van der Waals surface area contributed by atoms with Crippen LogP contribution in [0.1, 0.15) is 25.7 Å². The molecule has 5 rings (SSSR count). The van der Waals surface area contributed by atoms with Crippen LogP contribution in [0.3, 0.4) is 0 Å². The maximum absolute atomic E-state index is 10.0. The highest BCUT2D eigenvalue weighted by Crippen LogP contribution is 2.34. The fraction of sp³-hybridized carbons (Fsp3) is 0.619. The van der Waals surface area contributed by atoms with Crippen LogP contribution in [0.25, 0.3) is 10.9 Å². The Kier molecular flexibility index (Phi) is 4.39. The Morgan fingerprint density at radius 2 is 1.92 bits per heavy atom. The molecule has 1 aliphatic carbocycles. The molecule has 2 saturated heterocycles. The van der Waals surface area contributed by atoms with Gasteiger partial charge in [0, 0.05) is 31.2 Å². The number of piperidine rings is 1. The third kappa shape index (κ3) is 3.24. The number of ether oxygens (including phenoxy) is 2. The van der Waals surface area contributed by atoms with Crippen molar-refractivity contribution in [2.75, 3.05) is 26.3 Å². The van der Waals surface area contributed by atoms with Crippen molar-refractivity contribution in [3.63, 3.8) is 0 Å². The molecule has 140 valence electrons. The van der Waals surface area contributed by atoms with E-state index in [0.29, 0.717) is 13.2 Å². The lowest BCUT2D eigenvalue weighted by atomic mass is 10.0. The van der Waals surface area contributed by atoms with Crippen molar-refractivity contribution < 1.29 is 14.6 Å². The number of hydrogen-bond donors (Lipinski definition) is 1. The quantitative estimate of drug-likeness (QED) is 0.895. The first kappa shape index (κ1) is 16.6. The number of fused-ring (bicyclic) bond motifs is 1. The summed E-state index contributed by atoms with van der Waals surface area (Å²) in [5.74, 6) is 1.88. The Bertz CT molecular complexity index is 762. The maximum atomic E-state index is 10.0. The third-order valence-corrected chi connectivity index (χ3v) is 6.19. The topological polar surface area (TPSA) is 46.9 Å². The molecule has 26 heavy (non-hydrogen) atoms. The van der Waals surface area contributed by atoms with E-state index in [0.717, 1.165) is 44.1 Å². The van der Waals surface area contributed by atoms with Gasteiger partial charge >= 0.3 is 0 Å². The third-order valence-electron chi connectivity index (χ3n) is 6.19.